The van der Waals surface area contributed by atoms with Crippen LogP contribution in [0.15, 0.2) is 18.2 Å². The molecular weight excluding hydrogens is 198 g/mol. The summed E-state index contributed by atoms with van der Waals surface area (Å²) in [6.07, 6.45) is 1.22. The molecule has 1 saturated heterocycles. The number of rotatable bonds is 0. The van der Waals surface area contributed by atoms with Crippen molar-refractivity contribution in [2.45, 2.75) is 12.5 Å². The van der Waals surface area contributed by atoms with Crippen molar-refractivity contribution in [2.75, 3.05) is 13.2 Å². The molecule has 0 spiro atoms. The highest BCUT2D eigenvalue weighted by Crippen LogP contribution is 2.40. The Kier molecular flexibility index (Phi) is 1.92. The second-order valence-corrected chi connectivity index (χ2v) is 4.41. The lowest BCUT2D eigenvalue weighted by molar-refractivity contribution is 0.205. The Bertz CT molecular complexity index is 366. The molecule has 1 fully saturated rings. The zero-order chi connectivity index (χ0) is 9.54. The minimum Gasteiger partial charge on any atom is -0.493 e. The predicted octanol–water partition coefficient (Wildman–Crippen LogP) is 2.38. The summed E-state index contributed by atoms with van der Waals surface area (Å²) in [6.45, 7) is 1.92. The van der Waals surface area contributed by atoms with Gasteiger partial charge in [0.05, 0.1) is 6.61 Å². The standard InChI is InChI=1S/C11H12ClNO/c12-8-1-2-9-10(5-8)14-6-7-3-4-13-11(7)9/h1-2,5,7,11,13H,3-4,6H2. The maximum absolute atomic E-state index is 5.92. The largest absolute Gasteiger partial charge is 0.493 e. The van der Waals surface area contributed by atoms with Crippen molar-refractivity contribution in [3.63, 3.8) is 0 Å². The number of hydrogen-bond donors (Lipinski definition) is 1. The monoisotopic (exact) mass is 209 g/mol. The Morgan fingerprint density at radius 3 is 3.29 bits per heavy atom. The second kappa shape index (κ2) is 3.14. The van der Waals surface area contributed by atoms with E-state index in [1.54, 1.807) is 0 Å². The van der Waals surface area contributed by atoms with E-state index in [1.165, 1.54) is 12.0 Å². The predicted molar refractivity (Wildman–Crippen MR) is 55.8 cm³/mol. The molecule has 0 saturated carbocycles. The van der Waals surface area contributed by atoms with E-state index < -0.39 is 0 Å². The lowest BCUT2D eigenvalue weighted by Gasteiger charge is -2.28. The molecule has 1 N–H and O–H groups in total. The van der Waals surface area contributed by atoms with E-state index in [0.717, 1.165) is 23.9 Å². The van der Waals surface area contributed by atoms with Gasteiger partial charge >= 0.3 is 0 Å². The van der Waals surface area contributed by atoms with Crippen LogP contribution in [-0.2, 0) is 0 Å². The van der Waals surface area contributed by atoms with Gasteiger partial charge in [-0.25, -0.2) is 0 Å². The molecule has 0 radical (unpaired) electrons. The first-order chi connectivity index (χ1) is 6.84. The number of halogens is 1. The van der Waals surface area contributed by atoms with Crippen LogP contribution in [0.3, 0.4) is 0 Å². The maximum Gasteiger partial charge on any atom is 0.125 e. The van der Waals surface area contributed by atoms with Crippen LogP contribution in [0.25, 0.3) is 0 Å². The van der Waals surface area contributed by atoms with Gasteiger partial charge in [0.25, 0.3) is 0 Å². The summed E-state index contributed by atoms with van der Waals surface area (Å²) in [7, 11) is 0. The summed E-state index contributed by atoms with van der Waals surface area (Å²) in [6, 6.07) is 6.41. The van der Waals surface area contributed by atoms with Crippen molar-refractivity contribution in [1.29, 1.82) is 0 Å². The molecular formula is C11H12ClNO. The summed E-state index contributed by atoms with van der Waals surface area (Å²) < 4.78 is 5.69. The minimum atomic E-state index is 0.482. The first-order valence-corrected chi connectivity index (χ1v) is 5.38. The number of ether oxygens (including phenoxy) is 1. The molecule has 2 aliphatic heterocycles. The fourth-order valence-corrected chi connectivity index (χ4v) is 2.55. The normalized spacial score (nSPS) is 29.2. The van der Waals surface area contributed by atoms with Crippen molar-refractivity contribution in [2.24, 2.45) is 5.92 Å². The third-order valence-electron chi connectivity index (χ3n) is 3.11. The van der Waals surface area contributed by atoms with E-state index in [1.807, 2.05) is 12.1 Å². The lowest BCUT2D eigenvalue weighted by atomic mass is 9.92. The maximum atomic E-state index is 5.92. The first-order valence-electron chi connectivity index (χ1n) is 5.00. The molecule has 0 aliphatic carbocycles. The van der Waals surface area contributed by atoms with Gasteiger partial charge in [-0.3, -0.25) is 0 Å². The molecule has 1 aromatic rings. The van der Waals surface area contributed by atoms with Gasteiger partial charge in [0.2, 0.25) is 0 Å². The molecule has 2 atom stereocenters. The zero-order valence-electron chi connectivity index (χ0n) is 7.79. The molecule has 14 heavy (non-hydrogen) atoms. The van der Waals surface area contributed by atoms with Crippen LogP contribution in [0.2, 0.25) is 5.02 Å². The van der Waals surface area contributed by atoms with Gasteiger partial charge in [-0.15, -0.1) is 0 Å². The molecule has 1 aromatic carbocycles. The van der Waals surface area contributed by atoms with Crippen LogP contribution < -0.4 is 10.1 Å². The highest BCUT2D eigenvalue weighted by Gasteiger charge is 2.34. The average molecular weight is 210 g/mol. The Morgan fingerprint density at radius 2 is 2.36 bits per heavy atom. The quantitative estimate of drug-likeness (QED) is 0.709. The van der Waals surface area contributed by atoms with Crippen molar-refractivity contribution >= 4 is 11.6 Å². The van der Waals surface area contributed by atoms with Crippen LogP contribution >= 0.6 is 11.6 Å². The average Bonchev–Trinajstić information content (AvgIpc) is 2.65. The fourth-order valence-electron chi connectivity index (χ4n) is 2.39. The Balaban J connectivity index is 2.05. The molecule has 2 nitrogen and oxygen atoms in total. The third kappa shape index (κ3) is 1.22. The van der Waals surface area contributed by atoms with Crippen LogP contribution in [0.5, 0.6) is 5.75 Å². The molecule has 3 heteroatoms. The summed E-state index contributed by atoms with van der Waals surface area (Å²) in [4.78, 5) is 0. The van der Waals surface area contributed by atoms with E-state index in [9.17, 15) is 0 Å². The van der Waals surface area contributed by atoms with Gasteiger partial charge in [0.15, 0.2) is 0 Å². The number of hydrogen-bond acceptors (Lipinski definition) is 2. The first kappa shape index (κ1) is 8.57. The van der Waals surface area contributed by atoms with Gasteiger partial charge in [0.1, 0.15) is 5.75 Å². The fraction of sp³-hybridized carbons (Fsp3) is 0.455. The van der Waals surface area contributed by atoms with Crippen LogP contribution in [0.1, 0.15) is 18.0 Å². The SMILES string of the molecule is Clc1ccc2c(c1)OCC1CCNC21. The van der Waals surface area contributed by atoms with Gasteiger partial charge in [-0.05, 0) is 25.1 Å². The minimum absolute atomic E-state index is 0.482. The summed E-state index contributed by atoms with van der Waals surface area (Å²) in [5, 5.41) is 4.26. The lowest BCUT2D eigenvalue weighted by Crippen LogP contribution is -2.27. The molecule has 0 amide bonds. The Hall–Kier alpha value is -0.730. The van der Waals surface area contributed by atoms with E-state index >= 15 is 0 Å². The number of benzene rings is 1. The molecule has 74 valence electrons. The van der Waals surface area contributed by atoms with Gasteiger partial charge in [0, 0.05) is 22.5 Å². The van der Waals surface area contributed by atoms with Gasteiger partial charge in [-0.1, -0.05) is 17.7 Å². The second-order valence-electron chi connectivity index (χ2n) is 3.97. The Morgan fingerprint density at radius 1 is 1.43 bits per heavy atom. The Labute approximate surface area is 88.2 Å². The van der Waals surface area contributed by atoms with Crippen molar-refractivity contribution in [3.8, 4) is 5.75 Å². The van der Waals surface area contributed by atoms with Crippen LogP contribution in [0, 0.1) is 5.92 Å². The van der Waals surface area contributed by atoms with Crippen molar-refractivity contribution in [3.05, 3.63) is 28.8 Å². The zero-order valence-corrected chi connectivity index (χ0v) is 8.55. The van der Waals surface area contributed by atoms with Gasteiger partial charge < -0.3 is 10.1 Å². The topological polar surface area (TPSA) is 21.3 Å². The number of nitrogens with one attached hydrogen (secondary N) is 1. The van der Waals surface area contributed by atoms with Crippen molar-refractivity contribution in [1.82, 2.24) is 5.32 Å². The smallest absolute Gasteiger partial charge is 0.125 e. The highest BCUT2D eigenvalue weighted by atomic mass is 35.5. The molecule has 0 aromatic heterocycles. The summed E-state index contributed by atoms with van der Waals surface area (Å²) >= 11 is 5.92. The van der Waals surface area contributed by atoms with Crippen LogP contribution in [0.4, 0.5) is 0 Å². The summed E-state index contributed by atoms with van der Waals surface area (Å²) in [5.74, 6) is 1.59. The van der Waals surface area contributed by atoms with E-state index in [0.29, 0.717) is 12.0 Å². The number of fused-ring (bicyclic) bond motifs is 3. The van der Waals surface area contributed by atoms with Crippen LogP contribution in [-0.4, -0.2) is 13.2 Å². The van der Waals surface area contributed by atoms with E-state index in [-0.39, 0.29) is 0 Å². The molecule has 2 aliphatic rings. The molecule has 2 heterocycles. The molecule has 0 bridgehead atoms. The third-order valence-corrected chi connectivity index (χ3v) is 3.35. The van der Waals surface area contributed by atoms with Crippen molar-refractivity contribution < 1.29 is 4.74 Å². The molecule has 2 unspecified atom stereocenters. The van der Waals surface area contributed by atoms with E-state index in [4.69, 9.17) is 16.3 Å². The van der Waals surface area contributed by atoms with Gasteiger partial charge in [-0.2, -0.15) is 0 Å². The molecule has 3 rings (SSSR count). The van der Waals surface area contributed by atoms with E-state index in [2.05, 4.69) is 11.4 Å². The highest BCUT2D eigenvalue weighted by molar-refractivity contribution is 6.30. The summed E-state index contributed by atoms with van der Waals surface area (Å²) in [5.41, 5.74) is 1.27.